The third-order valence-corrected chi connectivity index (χ3v) is 2.79. The fourth-order valence-electron chi connectivity index (χ4n) is 1.25. The van der Waals surface area contributed by atoms with Gasteiger partial charge in [0.2, 0.25) is 5.91 Å². The number of aliphatic carboxylic acids is 1. The van der Waals surface area contributed by atoms with Gasteiger partial charge in [0.05, 0.1) is 5.92 Å². The van der Waals surface area contributed by atoms with Crippen molar-refractivity contribution in [1.29, 1.82) is 0 Å². The molecular formula is C12H23N3O4. The molecule has 0 rings (SSSR count). The van der Waals surface area contributed by atoms with E-state index in [1.165, 1.54) is 6.92 Å². The van der Waals surface area contributed by atoms with Crippen LogP contribution in [0.2, 0.25) is 0 Å². The zero-order valence-electron chi connectivity index (χ0n) is 11.8. The van der Waals surface area contributed by atoms with E-state index in [1.54, 1.807) is 13.8 Å². The second kappa shape index (κ2) is 8.34. The summed E-state index contributed by atoms with van der Waals surface area (Å²) in [7, 11) is 0. The molecule has 0 aromatic rings. The van der Waals surface area contributed by atoms with Gasteiger partial charge in [0.25, 0.3) is 0 Å². The number of rotatable bonds is 7. The van der Waals surface area contributed by atoms with Gasteiger partial charge in [-0.1, -0.05) is 6.92 Å². The molecule has 0 aromatic heterocycles. The van der Waals surface area contributed by atoms with Gasteiger partial charge in [-0.25, -0.2) is 4.79 Å². The summed E-state index contributed by atoms with van der Waals surface area (Å²) >= 11 is 0. The molecule has 3 unspecified atom stereocenters. The van der Waals surface area contributed by atoms with Crippen LogP contribution >= 0.6 is 0 Å². The number of carboxylic acids is 1. The summed E-state index contributed by atoms with van der Waals surface area (Å²) in [6, 6.07) is -1.75. The van der Waals surface area contributed by atoms with E-state index in [1.807, 2.05) is 6.92 Å². The molecule has 0 radical (unpaired) electrons. The number of hydrogen-bond acceptors (Lipinski definition) is 3. The van der Waals surface area contributed by atoms with Crippen LogP contribution in [0.5, 0.6) is 0 Å². The van der Waals surface area contributed by atoms with Crippen molar-refractivity contribution in [1.82, 2.24) is 16.0 Å². The Balaban J connectivity index is 4.16. The van der Waals surface area contributed by atoms with Crippen molar-refractivity contribution in [2.75, 3.05) is 6.54 Å². The molecule has 0 saturated heterocycles. The number of amides is 3. The minimum Gasteiger partial charge on any atom is -0.481 e. The lowest BCUT2D eigenvalue weighted by molar-refractivity contribution is -0.141. The molecule has 0 bridgehead atoms. The Morgan fingerprint density at radius 1 is 1.11 bits per heavy atom. The topological polar surface area (TPSA) is 108 Å². The predicted molar refractivity (Wildman–Crippen MR) is 70.7 cm³/mol. The molecule has 7 heteroatoms. The first-order valence-corrected chi connectivity index (χ1v) is 6.37. The number of nitrogens with one attached hydrogen (secondary N) is 3. The van der Waals surface area contributed by atoms with Gasteiger partial charge in [0.1, 0.15) is 6.04 Å². The molecule has 7 nitrogen and oxygen atoms in total. The molecule has 0 aromatic carbocycles. The molecule has 3 amide bonds. The molecule has 3 atom stereocenters. The summed E-state index contributed by atoms with van der Waals surface area (Å²) in [4.78, 5) is 33.8. The summed E-state index contributed by atoms with van der Waals surface area (Å²) in [5.74, 6) is -1.95. The van der Waals surface area contributed by atoms with E-state index in [0.717, 1.165) is 6.42 Å². The zero-order chi connectivity index (χ0) is 15.0. The Morgan fingerprint density at radius 3 is 2.16 bits per heavy atom. The van der Waals surface area contributed by atoms with Crippen LogP contribution in [-0.2, 0) is 9.59 Å². The lowest BCUT2D eigenvalue weighted by atomic mass is 10.0. The molecule has 0 fully saturated rings. The van der Waals surface area contributed by atoms with Gasteiger partial charge < -0.3 is 21.1 Å². The van der Waals surface area contributed by atoms with E-state index in [0.29, 0.717) is 6.54 Å². The Morgan fingerprint density at radius 2 is 1.68 bits per heavy atom. The zero-order valence-corrected chi connectivity index (χ0v) is 11.8. The van der Waals surface area contributed by atoms with Gasteiger partial charge in [-0.3, -0.25) is 9.59 Å². The molecule has 19 heavy (non-hydrogen) atoms. The minimum absolute atomic E-state index is 0.268. The van der Waals surface area contributed by atoms with E-state index in [4.69, 9.17) is 5.11 Å². The largest absolute Gasteiger partial charge is 0.481 e. The number of urea groups is 1. The number of carbonyl (C=O) groups is 3. The van der Waals surface area contributed by atoms with Crippen molar-refractivity contribution in [3.05, 3.63) is 0 Å². The second-order valence-electron chi connectivity index (χ2n) is 4.55. The fraction of sp³-hybridized carbons (Fsp3) is 0.750. The highest BCUT2D eigenvalue weighted by Gasteiger charge is 2.22. The smallest absolute Gasteiger partial charge is 0.315 e. The number of hydrogen-bond donors (Lipinski definition) is 4. The van der Waals surface area contributed by atoms with Gasteiger partial charge in [-0.2, -0.15) is 0 Å². The van der Waals surface area contributed by atoms with E-state index in [-0.39, 0.29) is 5.91 Å². The van der Waals surface area contributed by atoms with Gasteiger partial charge in [0.15, 0.2) is 0 Å². The van der Waals surface area contributed by atoms with E-state index in [2.05, 4.69) is 16.0 Å². The quantitative estimate of drug-likeness (QED) is 0.535. The average Bonchev–Trinajstić information content (AvgIpc) is 2.34. The third-order valence-electron chi connectivity index (χ3n) is 2.79. The van der Waals surface area contributed by atoms with E-state index in [9.17, 15) is 14.4 Å². The van der Waals surface area contributed by atoms with Crippen LogP contribution in [0.15, 0.2) is 0 Å². The van der Waals surface area contributed by atoms with Crippen molar-refractivity contribution in [3.8, 4) is 0 Å². The van der Waals surface area contributed by atoms with Gasteiger partial charge in [-0.15, -0.1) is 0 Å². The first kappa shape index (κ1) is 17.2. The Bertz CT molecular complexity index is 333. The van der Waals surface area contributed by atoms with Gasteiger partial charge in [0, 0.05) is 12.6 Å². The molecule has 0 spiro atoms. The van der Waals surface area contributed by atoms with Crippen molar-refractivity contribution in [2.24, 2.45) is 5.92 Å². The molecule has 0 saturated carbocycles. The normalized spacial score (nSPS) is 14.9. The summed E-state index contributed by atoms with van der Waals surface area (Å²) in [5, 5.41) is 16.4. The van der Waals surface area contributed by atoms with Crippen LogP contribution in [-0.4, -0.2) is 41.6 Å². The maximum atomic E-state index is 11.6. The van der Waals surface area contributed by atoms with Crippen molar-refractivity contribution < 1.29 is 19.5 Å². The molecule has 0 heterocycles. The third kappa shape index (κ3) is 6.64. The van der Waals surface area contributed by atoms with E-state index >= 15 is 0 Å². The lowest BCUT2D eigenvalue weighted by Gasteiger charge is -2.20. The summed E-state index contributed by atoms with van der Waals surface area (Å²) in [6.07, 6.45) is 0.817. The monoisotopic (exact) mass is 273 g/mol. The SMILES string of the molecule is CCCNC(=O)C(C)NC(=O)NC(C)C(C)C(=O)O. The van der Waals surface area contributed by atoms with Crippen LogP contribution in [0.3, 0.4) is 0 Å². The summed E-state index contributed by atoms with van der Waals surface area (Å²) < 4.78 is 0. The minimum atomic E-state index is -0.985. The van der Waals surface area contributed by atoms with Crippen LogP contribution in [0.4, 0.5) is 4.79 Å². The molecule has 0 aliphatic heterocycles. The van der Waals surface area contributed by atoms with Crippen LogP contribution < -0.4 is 16.0 Å². The number of carboxylic acid groups (broad SMARTS) is 1. The molecule has 4 N–H and O–H groups in total. The number of carbonyl (C=O) groups excluding carboxylic acids is 2. The van der Waals surface area contributed by atoms with Crippen LogP contribution in [0.25, 0.3) is 0 Å². The lowest BCUT2D eigenvalue weighted by Crippen LogP contribution is -2.51. The Labute approximate surface area is 113 Å². The maximum Gasteiger partial charge on any atom is 0.315 e. The first-order valence-electron chi connectivity index (χ1n) is 6.37. The highest BCUT2D eigenvalue weighted by molar-refractivity contribution is 5.86. The summed E-state index contributed by atoms with van der Waals surface area (Å²) in [5.41, 5.74) is 0. The molecular weight excluding hydrogens is 250 g/mol. The molecule has 110 valence electrons. The first-order chi connectivity index (χ1) is 8.79. The van der Waals surface area contributed by atoms with Crippen molar-refractivity contribution in [2.45, 2.75) is 46.2 Å². The fourth-order valence-corrected chi connectivity index (χ4v) is 1.25. The van der Waals surface area contributed by atoms with Crippen LogP contribution in [0, 0.1) is 5.92 Å². The van der Waals surface area contributed by atoms with Gasteiger partial charge in [-0.05, 0) is 27.2 Å². The summed E-state index contributed by atoms with van der Waals surface area (Å²) in [6.45, 7) is 7.15. The van der Waals surface area contributed by atoms with E-state index < -0.39 is 30.0 Å². The standard InChI is InChI=1S/C12H23N3O4/c1-5-6-13-10(16)9(4)15-12(19)14-8(3)7(2)11(17)18/h7-9H,5-6H2,1-4H3,(H,13,16)(H,17,18)(H2,14,15,19). The van der Waals surface area contributed by atoms with Crippen molar-refractivity contribution in [3.63, 3.8) is 0 Å². The second-order valence-corrected chi connectivity index (χ2v) is 4.55. The molecule has 0 aliphatic carbocycles. The van der Waals surface area contributed by atoms with Gasteiger partial charge >= 0.3 is 12.0 Å². The maximum absolute atomic E-state index is 11.6. The van der Waals surface area contributed by atoms with Crippen LogP contribution in [0.1, 0.15) is 34.1 Å². The Kier molecular flexibility index (Phi) is 7.55. The molecule has 0 aliphatic rings. The highest BCUT2D eigenvalue weighted by Crippen LogP contribution is 2.01. The predicted octanol–water partition coefficient (Wildman–Crippen LogP) is 0.310. The average molecular weight is 273 g/mol. The Hall–Kier alpha value is -1.79. The highest BCUT2D eigenvalue weighted by atomic mass is 16.4. The van der Waals surface area contributed by atoms with Crippen molar-refractivity contribution >= 4 is 17.9 Å².